The average molecular weight is 797 g/mol. The summed E-state index contributed by atoms with van der Waals surface area (Å²) >= 11 is 0. The summed E-state index contributed by atoms with van der Waals surface area (Å²) in [6.45, 7) is 10.7. The third-order valence-electron chi connectivity index (χ3n) is 12.7. The van der Waals surface area contributed by atoms with Gasteiger partial charge in [-0.25, -0.2) is 23.2 Å². The third-order valence-corrected chi connectivity index (χ3v) is 14.8. The van der Waals surface area contributed by atoms with Gasteiger partial charge in [-0.05, 0) is 87.7 Å². The summed E-state index contributed by atoms with van der Waals surface area (Å²) < 4.78 is 45.4. The van der Waals surface area contributed by atoms with Crippen LogP contribution in [0.15, 0.2) is 18.2 Å². The van der Waals surface area contributed by atoms with E-state index < -0.39 is 73.6 Å². The fourth-order valence-electron chi connectivity index (χ4n) is 8.33. The van der Waals surface area contributed by atoms with Gasteiger partial charge >= 0.3 is 6.09 Å². The summed E-state index contributed by atoms with van der Waals surface area (Å²) in [5.41, 5.74) is -0.346. The van der Waals surface area contributed by atoms with Crippen molar-refractivity contribution in [1.82, 2.24) is 30.2 Å². The number of carbonyl (C=O) groups excluding carboxylic acids is 4. The van der Waals surface area contributed by atoms with E-state index in [1.165, 1.54) is 4.90 Å². The predicted octanol–water partition coefficient (Wildman–Crippen LogP) is 4.16. The Balaban J connectivity index is 1.25. The van der Waals surface area contributed by atoms with E-state index >= 15 is 0 Å². The van der Waals surface area contributed by atoms with Gasteiger partial charge in [0.25, 0.3) is 5.91 Å². The molecule has 2 aliphatic heterocycles. The Hall–Kier alpha value is -4.21. The fourth-order valence-corrected chi connectivity index (χ4v) is 9.64. The van der Waals surface area contributed by atoms with Crippen LogP contribution >= 0.6 is 0 Å². The van der Waals surface area contributed by atoms with Crippen molar-refractivity contribution in [2.45, 2.75) is 140 Å². The van der Waals surface area contributed by atoms with Gasteiger partial charge in [0.1, 0.15) is 41.3 Å². The number of sulfonamides is 1. The van der Waals surface area contributed by atoms with Crippen molar-refractivity contribution in [1.29, 1.82) is 0 Å². The van der Waals surface area contributed by atoms with Crippen LogP contribution in [0.2, 0.25) is 0 Å². The first kappa shape index (κ1) is 40.0. The van der Waals surface area contributed by atoms with Crippen LogP contribution in [0.5, 0.6) is 11.6 Å². The maximum atomic E-state index is 14.9. The maximum absolute atomic E-state index is 14.9. The zero-order chi connectivity index (χ0) is 40.4. The number of nitrogens with one attached hydrogen (secondary N) is 3. The molecule has 4 fully saturated rings. The van der Waals surface area contributed by atoms with Crippen LogP contribution in [-0.4, -0.2) is 95.3 Å². The van der Waals surface area contributed by atoms with Gasteiger partial charge < -0.3 is 29.7 Å². The number of nitrogens with zero attached hydrogens (tertiary/aromatic N) is 3. The number of rotatable bonds is 7. The van der Waals surface area contributed by atoms with E-state index in [0.29, 0.717) is 54.0 Å². The number of methoxy groups -OCH3 is 1. The van der Waals surface area contributed by atoms with E-state index in [9.17, 15) is 27.6 Å². The summed E-state index contributed by atoms with van der Waals surface area (Å²) in [6.07, 6.45) is 4.87. The van der Waals surface area contributed by atoms with Gasteiger partial charge in [0.15, 0.2) is 0 Å². The van der Waals surface area contributed by atoms with E-state index in [1.807, 2.05) is 39.8 Å². The minimum Gasteiger partial charge on any atom is -0.497 e. The van der Waals surface area contributed by atoms with Gasteiger partial charge in [-0.3, -0.25) is 19.1 Å². The normalized spacial score (nSPS) is 31.6. The molecule has 1 aromatic carbocycles. The predicted molar refractivity (Wildman–Crippen MR) is 206 cm³/mol. The molecule has 4 amide bonds. The Bertz CT molecular complexity index is 2020. The summed E-state index contributed by atoms with van der Waals surface area (Å²) in [6, 6.07) is 3.25. The maximum Gasteiger partial charge on any atom is 0.408 e. The second-order valence-corrected chi connectivity index (χ2v) is 20.1. The lowest BCUT2D eigenvalue weighted by Crippen LogP contribution is -2.61. The zero-order valence-corrected chi connectivity index (χ0v) is 34.3. The first-order valence-electron chi connectivity index (χ1n) is 20.1. The lowest BCUT2D eigenvalue weighted by Gasteiger charge is -2.36. The molecule has 8 atom stereocenters. The summed E-state index contributed by atoms with van der Waals surface area (Å²) in [5, 5.41) is 5.74. The van der Waals surface area contributed by atoms with E-state index in [2.05, 4.69) is 15.4 Å². The molecule has 3 heterocycles. The highest BCUT2D eigenvalue weighted by molar-refractivity contribution is 7.91. The monoisotopic (exact) mass is 796 g/mol. The largest absolute Gasteiger partial charge is 0.497 e. The first-order valence-corrected chi connectivity index (χ1v) is 21.6. The van der Waals surface area contributed by atoms with E-state index in [1.54, 1.807) is 27.0 Å². The SMILES string of the molecule is CC[C@@H]1[C@@H]2CN(C(=O)[C@H](C(C)(C)C)NC(=O)O[C@@H]3CC3CCCCCc3nc4ccc(OC)cc4nc3O2)[C@@H]1C(=O)N[C@]1(C(=O)NS(=O)(=O)C2(C)CC2)C[C@H]1C. The fraction of sp³-hybridized carbons (Fsp3) is 0.700. The van der Waals surface area contributed by atoms with Gasteiger partial charge in [-0.2, -0.15) is 0 Å². The third kappa shape index (κ3) is 7.73. The molecule has 306 valence electrons. The molecule has 3 aliphatic carbocycles. The molecule has 0 spiro atoms. The van der Waals surface area contributed by atoms with E-state index in [4.69, 9.17) is 24.2 Å². The Morgan fingerprint density at radius 1 is 1.07 bits per heavy atom. The van der Waals surface area contributed by atoms with Gasteiger partial charge in [0.2, 0.25) is 27.7 Å². The second-order valence-electron chi connectivity index (χ2n) is 17.9. The van der Waals surface area contributed by atoms with Crippen molar-refractivity contribution in [3.05, 3.63) is 23.9 Å². The zero-order valence-electron chi connectivity index (χ0n) is 33.5. The van der Waals surface area contributed by atoms with Crippen molar-refractivity contribution >= 4 is 44.9 Å². The Morgan fingerprint density at radius 3 is 2.45 bits per heavy atom. The Labute approximate surface area is 328 Å². The summed E-state index contributed by atoms with van der Waals surface area (Å²) in [7, 11) is -2.40. The lowest BCUT2D eigenvalue weighted by molar-refractivity contribution is -0.143. The van der Waals surface area contributed by atoms with Crippen molar-refractivity contribution in [3.63, 3.8) is 0 Å². The van der Waals surface area contributed by atoms with Crippen molar-refractivity contribution in [2.75, 3.05) is 13.7 Å². The standard InChI is InChI=1S/C40H56N6O9S/c1-8-25-30-21-46(31(25)33(47)44-40(20-22(40)2)36(49)45-56(51,52)39(6)16-17-39)35(48)32(38(3,4)5)43-37(50)55-29-18-23(29)12-10-9-11-13-27-34(54-30)42-28-19-24(53-7)14-15-26(28)41-27/h14-15,19,22-23,25,29-32H,8-13,16-18,20-21H2,1-7H3,(H,43,50)(H,44,47)(H,45,49)/t22-,23?,25-,29-,30+,31+,32-,40-/m1/s1. The van der Waals surface area contributed by atoms with Crippen molar-refractivity contribution < 1.29 is 41.8 Å². The van der Waals surface area contributed by atoms with Gasteiger partial charge in [0.05, 0.1) is 29.4 Å². The number of hydrogen-bond donors (Lipinski definition) is 3. The van der Waals surface area contributed by atoms with E-state index in [-0.39, 0.29) is 30.9 Å². The Kier molecular flexibility index (Phi) is 10.4. The molecule has 3 N–H and O–H groups in total. The molecule has 15 nitrogen and oxygen atoms in total. The highest BCUT2D eigenvalue weighted by Crippen LogP contribution is 2.47. The number of ether oxygens (including phenoxy) is 3. The van der Waals surface area contributed by atoms with E-state index in [0.717, 1.165) is 32.1 Å². The molecule has 16 heteroatoms. The molecule has 1 saturated heterocycles. The molecule has 2 aromatic rings. The smallest absolute Gasteiger partial charge is 0.408 e. The molecular formula is C40H56N6O9S. The molecule has 2 bridgehead atoms. The topological polar surface area (TPSA) is 195 Å². The average Bonchev–Trinajstić information content (AvgIpc) is 4.09. The molecule has 7 rings (SSSR count). The number of benzene rings is 1. The van der Waals surface area contributed by atoms with Crippen LogP contribution < -0.4 is 24.8 Å². The molecule has 0 radical (unpaired) electrons. The lowest BCUT2D eigenvalue weighted by atomic mass is 9.85. The number of amides is 4. The number of alkyl carbamates (subject to hydrolysis) is 1. The van der Waals surface area contributed by atoms with Gasteiger partial charge in [-0.15, -0.1) is 0 Å². The highest BCUT2D eigenvalue weighted by atomic mass is 32.2. The number of aromatic nitrogens is 2. The Morgan fingerprint density at radius 2 is 1.80 bits per heavy atom. The van der Waals surface area contributed by atoms with Crippen LogP contribution in [0, 0.1) is 23.2 Å². The number of hydrogen-bond acceptors (Lipinski definition) is 11. The quantitative estimate of drug-likeness (QED) is 0.364. The summed E-state index contributed by atoms with van der Waals surface area (Å²) in [4.78, 5) is 67.9. The van der Waals surface area contributed by atoms with Crippen molar-refractivity contribution in [2.24, 2.45) is 23.2 Å². The van der Waals surface area contributed by atoms with Crippen LogP contribution in [0.1, 0.15) is 105 Å². The molecule has 56 heavy (non-hydrogen) atoms. The molecule has 3 saturated carbocycles. The number of aryl methyl sites for hydroxylation is 1. The first-order chi connectivity index (χ1) is 26.4. The van der Waals surface area contributed by atoms with Crippen molar-refractivity contribution in [3.8, 4) is 11.6 Å². The summed E-state index contributed by atoms with van der Waals surface area (Å²) in [5.74, 6) is -1.67. The molecule has 5 aliphatic rings. The molecule has 1 aromatic heterocycles. The molecule has 1 unspecified atom stereocenters. The minimum atomic E-state index is -3.97. The highest BCUT2D eigenvalue weighted by Gasteiger charge is 2.63. The minimum absolute atomic E-state index is 0.0256. The number of fused-ring (bicyclic) bond motifs is 5. The van der Waals surface area contributed by atoms with Gasteiger partial charge in [-0.1, -0.05) is 47.5 Å². The number of carbonyl (C=O) groups is 4. The van der Waals surface area contributed by atoms with Crippen LogP contribution in [0.4, 0.5) is 4.79 Å². The van der Waals surface area contributed by atoms with Gasteiger partial charge in [0, 0.05) is 12.0 Å². The van der Waals surface area contributed by atoms with Crippen LogP contribution in [0.3, 0.4) is 0 Å². The molecular weight excluding hydrogens is 741 g/mol. The van der Waals surface area contributed by atoms with Crippen LogP contribution in [-0.2, 0) is 35.6 Å². The van der Waals surface area contributed by atoms with Crippen LogP contribution in [0.25, 0.3) is 11.0 Å². The second kappa shape index (κ2) is 14.6.